The fourth-order valence-corrected chi connectivity index (χ4v) is 4.34. The van der Waals surface area contributed by atoms with Gasteiger partial charge in [-0.1, -0.05) is 17.7 Å². The molecular formula is C24H34O5. The summed E-state index contributed by atoms with van der Waals surface area (Å²) >= 11 is 0. The number of esters is 1. The number of hydrogen-bond donors (Lipinski definition) is 1. The fraction of sp³-hybridized carbons (Fsp3) is 0.625. The Bertz CT molecular complexity index is 773. The summed E-state index contributed by atoms with van der Waals surface area (Å²) in [6, 6.07) is 4.22. The molecule has 1 aromatic carbocycles. The Morgan fingerprint density at radius 3 is 2.38 bits per heavy atom. The highest BCUT2D eigenvalue weighted by molar-refractivity contribution is 5.82. The summed E-state index contributed by atoms with van der Waals surface area (Å²) in [6.07, 6.45) is 0.446. The molecule has 3 atom stereocenters. The van der Waals surface area contributed by atoms with Gasteiger partial charge in [0.2, 0.25) is 0 Å². The Kier molecular flexibility index (Phi) is 6.51. The molecule has 1 heterocycles. The van der Waals surface area contributed by atoms with Crippen molar-refractivity contribution < 1.29 is 24.1 Å². The molecule has 5 nitrogen and oxygen atoms in total. The van der Waals surface area contributed by atoms with Crippen LogP contribution < -0.4 is 0 Å². The first kappa shape index (κ1) is 22.0. The number of carbonyl (C=O) groups excluding carboxylic acids is 1. The van der Waals surface area contributed by atoms with Crippen molar-refractivity contribution in [3.8, 4) is 0 Å². The lowest BCUT2D eigenvalue weighted by molar-refractivity contribution is -0.148. The number of aryl methyl sites for hydroxylation is 3. The number of carbonyl (C=O) groups is 1. The summed E-state index contributed by atoms with van der Waals surface area (Å²) in [5, 5.41) is 11.3. The average molecular weight is 403 g/mol. The maximum Gasteiger partial charge on any atom is 0.316 e. The van der Waals surface area contributed by atoms with Crippen molar-refractivity contribution in [3.63, 3.8) is 0 Å². The van der Waals surface area contributed by atoms with Gasteiger partial charge in [0.25, 0.3) is 0 Å². The van der Waals surface area contributed by atoms with Gasteiger partial charge in [-0.15, -0.1) is 0 Å². The number of aliphatic hydroxyl groups is 1. The van der Waals surface area contributed by atoms with Crippen molar-refractivity contribution in [1.29, 1.82) is 0 Å². The minimum absolute atomic E-state index is 0.0393. The fourth-order valence-electron chi connectivity index (χ4n) is 4.34. The SMILES string of the molecule is Cc1cc(C)c(C2=C(OC(=O)C(C)(C)C)CC(CC3COCCO3)C2O)c(C)c1. The van der Waals surface area contributed by atoms with Crippen LogP contribution in [0.25, 0.3) is 5.57 Å². The molecule has 1 aliphatic carbocycles. The molecule has 0 radical (unpaired) electrons. The minimum Gasteiger partial charge on any atom is -0.430 e. The van der Waals surface area contributed by atoms with Gasteiger partial charge in [0.05, 0.1) is 37.4 Å². The molecule has 0 bridgehead atoms. The Balaban J connectivity index is 1.95. The van der Waals surface area contributed by atoms with Gasteiger partial charge < -0.3 is 19.3 Å². The summed E-state index contributed by atoms with van der Waals surface area (Å²) < 4.78 is 17.2. The molecule has 2 aliphatic rings. The van der Waals surface area contributed by atoms with Gasteiger partial charge in [0.1, 0.15) is 5.76 Å². The second-order valence-electron chi connectivity index (χ2n) is 9.46. The average Bonchev–Trinajstić information content (AvgIpc) is 2.90. The summed E-state index contributed by atoms with van der Waals surface area (Å²) in [7, 11) is 0. The number of aliphatic hydroxyl groups excluding tert-OH is 1. The molecule has 0 amide bonds. The van der Waals surface area contributed by atoms with E-state index in [-0.39, 0.29) is 18.0 Å². The summed E-state index contributed by atoms with van der Waals surface area (Å²) in [5.74, 6) is 0.242. The Labute approximate surface area is 174 Å². The third-order valence-electron chi connectivity index (χ3n) is 5.72. The summed E-state index contributed by atoms with van der Waals surface area (Å²) in [5.41, 5.74) is 4.47. The van der Waals surface area contributed by atoms with Gasteiger partial charge in [0.15, 0.2) is 0 Å². The molecule has 1 aromatic rings. The van der Waals surface area contributed by atoms with Crippen molar-refractivity contribution in [2.75, 3.05) is 19.8 Å². The Morgan fingerprint density at radius 1 is 1.17 bits per heavy atom. The van der Waals surface area contributed by atoms with Crippen LogP contribution in [0.3, 0.4) is 0 Å². The first-order chi connectivity index (χ1) is 13.6. The highest BCUT2D eigenvalue weighted by atomic mass is 16.6. The zero-order valence-electron chi connectivity index (χ0n) is 18.5. The smallest absolute Gasteiger partial charge is 0.316 e. The van der Waals surface area contributed by atoms with E-state index in [1.54, 1.807) is 0 Å². The van der Waals surface area contributed by atoms with Crippen molar-refractivity contribution in [3.05, 3.63) is 40.1 Å². The predicted molar refractivity (Wildman–Crippen MR) is 112 cm³/mol. The van der Waals surface area contributed by atoms with Crippen LogP contribution in [-0.4, -0.2) is 43.1 Å². The van der Waals surface area contributed by atoms with E-state index >= 15 is 0 Å². The van der Waals surface area contributed by atoms with E-state index in [2.05, 4.69) is 19.1 Å². The normalized spacial score (nSPS) is 25.4. The van der Waals surface area contributed by atoms with Crippen LogP contribution in [0.2, 0.25) is 0 Å². The van der Waals surface area contributed by atoms with E-state index in [0.717, 1.165) is 22.3 Å². The summed E-state index contributed by atoms with van der Waals surface area (Å²) in [4.78, 5) is 12.6. The van der Waals surface area contributed by atoms with E-state index in [1.807, 2.05) is 34.6 Å². The molecule has 5 heteroatoms. The molecule has 3 unspecified atom stereocenters. The molecule has 0 spiro atoms. The van der Waals surface area contributed by atoms with Crippen molar-refractivity contribution in [2.24, 2.45) is 11.3 Å². The third kappa shape index (κ3) is 4.90. The Hall–Kier alpha value is -1.69. The lowest BCUT2D eigenvalue weighted by Crippen LogP contribution is -2.32. The zero-order valence-corrected chi connectivity index (χ0v) is 18.5. The highest BCUT2D eigenvalue weighted by Crippen LogP contribution is 2.44. The van der Waals surface area contributed by atoms with Gasteiger partial charge in [-0.2, -0.15) is 0 Å². The first-order valence-electron chi connectivity index (χ1n) is 10.5. The molecule has 1 fully saturated rings. The molecule has 29 heavy (non-hydrogen) atoms. The van der Waals surface area contributed by atoms with Crippen LogP contribution in [0, 0.1) is 32.1 Å². The van der Waals surface area contributed by atoms with Gasteiger partial charge in [-0.3, -0.25) is 4.79 Å². The van der Waals surface area contributed by atoms with Crippen LogP contribution in [0.5, 0.6) is 0 Å². The number of rotatable bonds is 4. The Morgan fingerprint density at radius 2 is 1.83 bits per heavy atom. The molecule has 0 aromatic heterocycles. The molecule has 3 rings (SSSR count). The van der Waals surface area contributed by atoms with Crippen LogP contribution in [0.4, 0.5) is 0 Å². The second kappa shape index (κ2) is 8.58. The second-order valence-corrected chi connectivity index (χ2v) is 9.46. The third-order valence-corrected chi connectivity index (χ3v) is 5.72. The largest absolute Gasteiger partial charge is 0.430 e. The number of ether oxygens (including phenoxy) is 3. The van der Waals surface area contributed by atoms with Crippen molar-refractivity contribution >= 4 is 11.5 Å². The predicted octanol–water partition coefficient (Wildman–Crippen LogP) is 4.10. The zero-order chi connectivity index (χ0) is 21.3. The summed E-state index contributed by atoms with van der Waals surface area (Å²) in [6.45, 7) is 13.4. The number of allylic oxidation sites excluding steroid dienone is 1. The maximum atomic E-state index is 12.6. The van der Waals surface area contributed by atoms with E-state index in [1.165, 1.54) is 5.56 Å². The minimum atomic E-state index is -0.705. The monoisotopic (exact) mass is 402 g/mol. The van der Waals surface area contributed by atoms with Crippen LogP contribution in [-0.2, 0) is 19.0 Å². The molecular weight excluding hydrogens is 368 g/mol. The molecule has 1 aliphatic heterocycles. The van der Waals surface area contributed by atoms with E-state index in [9.17, 15) is 9.90 Å². The quantitative estimate of drug-likeness (QED) is 0.768. The van der Waals surface area contributed by atoms with Gasteiger partial charge in [-0.25, -0.2) is 0 Å². The van der Waals surface area contributed by atoms with Crippen molar-refractivity contribution in [1.82, 2.24) is 0 Å². The molecule has 160 valence electrons. The van der Waals surface area contributed by atoms with Gasteiger partial charge in [-0.05, 0) is 70.6 Å². The van der Waals surface area contributed by atoms with Crippen LogP contribution in [0.1, 0.15) is 55.9 Å². The van der Waals surface area contributed by atoms with E-state index in [0.29, 0.717) is 38.4 Å². The topological polar surface area (TPSA) is 65.0 Å². The first-order valence-corrected chi connectivity index (χ1v) is 10.5. The molecule has 1 saturated heterocycles. The lowest BCUT2D eigenvalue weighted by atomic mass is 9.88. The van der Waals surface area contributed by atoms with Crippen LogP contribution >= 0.6 is 0 Å². The number of hydrogen-bond acceptors (Lipinski definition) is 5. The van der Waals surface area contributed by atoms with Crippen LogP contribution in [0.15, 0.2) is 17.9 Å². The lowest BCUT2D eigenvalue weighted by Gasteiger charge is -2.27. The molecule has 0 saturated carbocycles. The highest BCUT2D eigenvalue weighted by Gasteiger charge is 2.40. The molecule has 1 N–H and O–H groups in total. The van der Waals surface area contributed by atoms with E-state index < -0.39 is 11.5 Å². The van der Waals surface area contributed by atoms with Gasteiger partial charge in [0, 0.05) is 12.0 Å². The maximum absolute atomic E-state index is 12.6. The van der Waals surface area contributed by atoms with E-state index in [4.69, 9.17) is 14.2 Å². The number of benzene rings is 1. The van der Waals surface area contributed by atoms with Crippen molar-refractivity contribution in [2.45, 2.75) is 66.6 Å². The van der Waals surface area contributed by atoms with Gasteiger partial charge >= 0.3 is 5.97 Å². The standard InChI is InChI=1S/C24H34O5/c1-14-9-15(2)20(16(3)10-14)21-19(29-23(26)24(4,5)6)12-17(22(21)25)11-18-13-27-7-8-28-18/h9-10,17-18,22,25H,7-8,11-13H2,1-6H3.